The summed E-state index contributed by atoms with van der Waals surface area (Å²) in [6.07, 6.45) is 2.03. The van der Waals surface area contributed by atoms with Gasteiger partial charge in [-0.15, -0.1) is 0 Å². The van der Waals surface area contributed by atoms with Crippen LogP contribution in [0.5, 0.6) is 0 Å². The van der Waals surface area contributed by atoms with E-state index in [1.165, 1.54) is 0 Å². The molecule has 0 heterocycles. The van der Waals surface area contributed by atoms with Gasteiger partial charge < -0.3 is 0 Å². The molecule has 0 spiro atoms. The van der Waals surface area contributed by atoms with Crippen LogP contribution in [0.1, 0.15) is 36.6 Å². The molecule has 7 heavy (non-hydrogen) atoms. The molecule has 0 aromatic carbocycles. The molecule has 0 bridgehead atoms. The third-order valence-electron chi connectivity index (χ3n) is 0.715. The highest BCUT2D eigenvalue weighted by Crippen LogP contribution is 1.95. The van der Waals surface area contributed by atoms with Gasteiger partial charge in [-0.2, -0.15) is 5.26 Å². The second kappa shape index (κ2) is 5.49. The normalized spacial score (nSPS) is 16.1. The van der Waals surface area contributed by atoms with E-state index in [1.54, 1.807) is 0 Å². The van der Waals surface area contributed by atoms with E-state index in [0.29, 0.717) is 19.3 Å². The molecular weight excluding hydrogens is 86.1 g/mol. The summed E-state index contributed by atoms with van der Waals surface area (Å²) in [4.78, 5) is 0. The Morgan fingerprint density at radius 2 is 2.57 bits per heavy atom. The smallest absolute Gasteiger partial charge is 0.0621 e. The van der Waals surface area contributed by atoms with E-state index in [4.69, 9.17) is 9.37 Å². The highest BCUT2D eigenvalue weighted by Gasteiger charge is 1.79. The summed E-state index contributed by atoms with van der Waals surface area (Å²) in [5, 5.41) is 8.11. The summed E-state index contributed by atoms with van der Waals surface area (Å²) in [7, 11) is 0. The quantitative estimate of drug-likeness (QED) is 0.498. The molecule has 1 nitrogen and oxygen atoms in total. The minimum absolute atomic E-state index is 0.231. The fourth-order valence-electron chi connectivity index (χ4n) is 0.329. The van der Waals surface area contributed by atoms with E-state index < -0.39 is 6.85 Å². The first-order valence-corrected chi connectivity index (χ1v) is 2.43. The highest BCUT2D eigenvalue weighted by molar-refractivity contribution is 4.67. The second-order valence-corrected chi connectivity index (χ2v) is 1.37. The Morgan fingerprint density at radius 3 is 3.14 bits per heavy atom. The van der Waals surface area contributed by atoms with E-state index in [9.17, 15) is 0 Å². The van der Waals surface area contributed by atoms with Crippen molar-refractivity contribution in [1.82, 2.24) is 0 Å². The van der Waals surface area contributed by atoms with Crippen molar-refractivity contribution in [2.45, 2.75) is 32.5 Å². The van der Waals surface area contributed by atoms with Crippen molar-refractivity contribution < 1.29 is 4.11 Å². The SMILES string of the molecule is [2H]C([2H])([2H])CCCCC#N. The third kappa shape index (κ3) is 5.49. The number of hydrogen-bond acceptors (Lipinski definition) is 1. The Balaban J connectivity index is 3.14. The molecule has 0 rings (SSSR count). The molecule has 1 heteroatoms. The Labute approximate surface area is 49.2 Å². The second-order valence-electron chi connectivity index (χ2n) is 1.37. The van der Waals surface area contributed by atoms with Gasteiger partial charge in [0.1, 0.15) is 0 Å². The number of nitrogens with zero attached hydrogens (tertiary/aromatic N) is 1. The van der Waals surface area contributed by atoms with Gasteiger partial charge in [-0.25, -0.2) is 0 Å². The van der Waals surface area contributed by atoms with Crippen LogP contribution in [0, 0.1) is 11.3 Å². The van der Waals surface area contributed by atoms with Crippen molar-refractivity contribution in [3.05, 3.63) is 0 Å². The summed E-state index contributed by atoms with van der Waals surface area (Å²) in [5.41, 5.74) is 0. The lowest BCUT2D eigenvalue weighted by Gasteiger charge is -1.84. The molecule has 0 fully saturated rings. The minimum atomic E-state index is -1.81. The van der Waals surface area contributed by atoms with Crippen LogP contribution in [0.2, 0.25) is 0 Å². The van der Waals surface area contributed by atoms with E-state index in [0.717, 1.165) is 0 Å². The maximum Gasteiger partial charge on any atom is 0.0621 e. The van der Waals surface area contributed by atoms with Crippen LogP contribution in [0.4, 0.5) is 0 Å². The molecule has 0 aromatic rings. The van der Waals surface area contributed by atoms with Crippen molar-refractivity contribution in [3.63, 3.8) is 0 Å². The number of rotatable bonds is 3. The van der Waals surface area contributed by atoms with E-state index in [1.807, 2.05) is 6.07 Å². The van der Waals surface area contributed by atoms with E-state index in [-0.39, 0.29) is 6.42 Å². The van der Waals surface area contributed by atoms with Gasteiger partial charge in [0, 0.05) is 10.5 Å². The largest absolute Gasteiger partial charge is 0.198 e. The first kappa shape index (κ1) is 2.71. The van der Waals surface area contributed by atoms with Gasteiger partial charge >= 0.3 is 0 Å². The Kier molecular flexibility index (Phi) is 2.13. The maximum absolute atomic E-state index is 8.11. The van der Waals surface area contributed by atoms with Crippen LogP contribution in [-0.4, -0.2) is 0 Å². The predicted octanol–water partition coefficient (Wildman–Crippen LogP) is 2.09. The molecule has 0 unspecified atom stereocenters. The van der Waals surface area contributed by atoms with Crippen LogP contribution in [0.3, 0.4) is 0 Å². The number of nitriles is 1. The fraction of sp³-hybridized carbons (Fsp3) is 0.833. The van der Waals surface area contributed by atoms with Crippen molar-refractivity contribution >= 4 is 0 Å². The van der Waals surface area contributed by atoms with Gasteiger partial charge in [-0.3, -0.25) is 0 Å². The Hall–Kier alpha value is -0.510. The molecule has 0 saturated heterocycles. The molecule has 0 aromatic heterocycles. The van der Waals surface area contributed by atoms with Crippen molar-refractivity contribution in [2.24, 2.45) is 0 Å². The molecule has 0 atom stereocenters. The maximum atomic E-state index is 8.11. The van der Waals surface area contributed by atoms with Crippen LogP contribution >= 0.6 is 0 Å². The van der Waals surface area contributed by atoms with Gasteiger partial charge in [-0.05, 0) is 6.42 Å². The molecule has 0 saturated carbocycles. The average molecular weight is 100 g/mol. The zero-order chi connectivity index (χ0) is 8.04. The van der Waals surface area contributed by atoms with Gasteiger partial charge in [0.25, 0.3) is 0 Å². The highest BCUT2D eigenvalue weighted by atomic mass is 14.2. The van der Waals surface area contributed by atoms with Gasteiger partial charge in [0.2, 0.25) is 0 Å². The summed E-state index contributed by atoms with van der Waals surface area (Å²) >= 11 is 0. The fourth-order valence-corrected chi connectivity index (χ4v) is 0.329. The number of unbranched alkanes of at least 4 members (excludes halogenated alkanes) is 2. The van der Waals surface area contributed by atoms with Crippen molar-refractivity contribution in [1.29, 1.82) is 5.26 Å². The van der Waals surface area contributed by atoms with Gasteiger partial charge in [0.15, 0.2) is 0 Å². The average Bonchev–Trinajstić information content (AvgIpc) is 1.78. The molecular formula is C6H11N. The van der Waals surface area contributed by atoms with Crippen molar-refractivity contribution in [2.75, 3.05) is 0 Å². The standard InChI is InChI=1S/C6H11N/c1-2-3-4-5-6-7/h2-5H2,1H3/i1D3. The monoisotopic (exact) mass is 100 g/mol. The van der Waals surface area contributed by atoms with Gasteiger partial charge in [0.05, 0.1) is 6.07 Å². The Morgan fingerprint density at radius 1 is 1.71 bits per heavy atom. The molecule has 0 aliphatic rings. The predicted molar refractivity (Wildman–Crippen MR) is 29.8 cm³/mol. The summed E-state index contributed by atoms with van der Waals surface area (Å²) in [6.45, 7) is -1.81. The number of hydrogen-bond donors (Lipinski definition) is 0. The van der Waals surface area contributed by atoms with Crippen LogP contribution < -0.4 is 0 Å². The lowest BCUT2D eigenvalue weighted by atomic mass is 10.2. The van der Waals surface area contributed by atoms with Crippen LogP contribution in [0.25, 0.3) is 0 Å². The third-order valence-corrected chi connectivity index (χ3v) is 0.715. The summed E-state index contributed by atoms with van der Waals surface area (Å²) in [6, 6.07) is 1.97. The zero-order valence-corrected chi connectivity index (χ0v) is 4.28. The topological polar surface area (TPSA) is 23.8 Å². The molecule has 0 aliphatic heterocycles. The molecule has 0 radical (unpaired) electrons. The van der Waals surface area contributed by atoms with Crippen LogP contribution in [0.15, 0.2) is 0 Å². The lowest BCUT2D eigenvalue weighted by molar-refractivity contribution is 0.734. The van der Waals surface area contributed by atoms with E-state index in [2.05, 4.69) is 0 Å². The summed E-state index contributed by atoms with van der Waals surface area (Å²) in [5.74, 6) is 0. The lowest BCUT2D eigenvalue weighted by Crippen LogP contribution is -1.68. The van der Waals surface area contributed by atoms with Crippen LogP contribution in [-0.2, 0) is 0 Å². The molecule has 0 N–H and O–H groups in total. The van der Waals surface area contributed by atoms with Crippen molar-refractivity contribution in [3.8, 4) is 6.07 Å². The first-order valence-electron chi connectivity index (χ1n) is 3.93. The first-order chi connectivity index (χ1) is 4.56. The zero-order valence-electron chi connectivity index (χ0n) is 7.28. The molecule has 0 aliphatic carbocycles. The summed E-state index contributed by atoms with van der Waals surface area (Å²) < 4.78 is 20.5. The minimum Gasteiger partial charge on any atom is -0.198 e. The van der Waals surface area contributed by atoms with Gasteiger partial charge in [-0.1, -0.05) is 19.7 Å². The molecule has 0 amide bonds. The van der Waals surface area contributed by atoms with E-state index >= 15 is 0 Å². The molecule has 40 valence electrons. The Bertz CT molecular complexity index is 122.